The first-order chi connectivity index (χ1) is 13.9. The summed E-state index contributed by atoms with van der Waals surface area (Å²) in [5.74, 6) is -0.158. The number of hydrogen-bond donors (Lipinski definition) is 1. The van der Waals surface area contributed by atoms with Crippen LogP contribution in [0.2, 0.25) is 0 Å². The number of carbonyl (C=O) groups excluding carboxylic acids is 1. The molecule has 0 aromatic heterocycles. The number of aryl methyl sites for hydroxylation is 1. The number of sulfonamides is 1. The highest BCUT2D eigenvalue weighted by Crippen LogP contribution is 2.21. The molecule has 0 radical (unpaired) electrons. The van der Waals surface area contributed by atoms with Crippen LogP contribution < -0.4 is 4.72 Å². The molecule has 0 aliphatic heterocycles. The lowest BCUT2D eigenvalue weighted by Crippen LogP contribution is -2.30. The van der Waals surface area contributed by atoms with Gasteiger partial charge in [-0.25, -0.2) is 13.1 Å². The zero-order chi connectivity index (χ0) is 20.7. The molecule has 3 aromatic rings. The first-order valence-corrected chi connectivity index (χ1v) is 10.8. The van der Waals surface area contributed by atoms with Gasteiger partial charge >= 0.3 is 0 Å². The van der Waals surface area contributed by atoms with E-state index in [1.807, 2.05) is 67.6 Å². The van der Waals surface area contributed by atoms with Crippen molar-refractivity contribution in [3.8, 4) is 0 Å². The molecule has 3 rings (SSSR count). The zero-order valence-corrected chi connectivity index (χ0v) is 17.0. The van der Waals surface area contributed by atoms with Crippen LogP contribution in [0.3, 0.4) is 0 Å². The first kappa shape index (κ1) is 20.7. The Morgan fingerprint density at radius 3 is 2.10 bits per heavy atom. The Balaban J connectivity index is 1.81. The fourth-order valence-corrected chi connectivity index (χ4v) is 4.13. The summed E-state index contributed by atoms with van der Waals surface area (Å²) in [5, 5.41) is 0. The lowest BCUT2D eigenvalue weighted by atomic mass is 10.0. The van der Waals surface area contributed by atoms with Crippen molar-refractivity contribution in [1.82, 2.24) is 4.72 Å². The predicted octanol–water partition coefficient (Wildman–Crippen LogP) is 4.69. The van der Waals surface area contributed by atoms with Crippen LogP contribution in [0.4, 0.5) is 0 Å². The molecule has 29 heavy (non-hydrogen) atoms. The van der Waals surface area contributed by atoms with Crippen LogP contribution in [0.25, 0.3) is 6.08 Å². The molecule has 1 N–H and O–H groups in total. The van der Waals surface area contributed by atoms with Crippen molar-refractivity contribution < 1.29 is 13.2 Å². The van der Waals surface area contributed by atoms with Crippen LogP contribution >= 0.6 is 0 Å². The Morgan fingerprint density at radius 1 is 0.897 bits per heavy atom. The standard InChI is InChI=1S/C24H23NO3S/c1-19-12-16-23(17-13-19)29(27,28)25-24(21-10-6-3-7-11-21)18-22(26)15-14-20-8-4-2-5-9-20/h2-17,24-25H,18H2,1H3/b15-14+. The van der Waals surface area contributed by atoms with Crippen molar-refractivity contribution in [1.29, 1.82) is 0 Å². The molecule has 4 nitrogen and oxygen atoms in total. The maximum Gasteiger partial charge on any atom is 0.241 e. The number of carbonyl (C=O) groups is 1. The summed E-state index contributed by atoms with van der Waals surface area (Å²) in [7, 11) is -3.76. The first-order valence-electron chi connectivity index (χ1n) is 9.34. The van der Waals surface area contributed by atoms with Gasteiger partial charge in [0.05, 0.1) is 10.9 Å². The van der Waals surface area contributed by atoms with Gasteiger partial charge in [-0.15, -0.1) is 0 Å². The van der Waals surface area contributed by atoms with Crippen molar-refractivity contribution in [2.24, 2.45) is 0 Å². The average molecular weight is 406 g/mol. The number of hydrogen-bond acceptors (Lipinski definition) is 3. The van der Waals surface area contributed by atoms with Gasteiger partial charge in [-0.05, 0) is 36.3 Å². The van der Waals surface area contributed by atoms with Crippen LogP contribution in [0.1, 0.15) is 29.2 Å². The highest BCUT2D eigenvalue weighted by Gasteiger charge is 2.23. The molecule has 0 amide bonds. The molecule has 1 unspecified atom stereocenters. The molecule has 0 fully saturated rings. The lowest BCUT2D eigenvalue weighted by molar-refractivity contribution is -0.114. The molecule has 0 aliphatic rings. The van der Waals surface area contributed by atoms with Crippen molar-refractivity contribution in [2.45, 2.75) is 24.3 Å². The van der Waals surface area contributed by atoms with Crippen molar-refractivity contribution in [2.75, 3.05) is 0 Å². The fraction of sp³-hybridized carbons (Fsp3) is 0.125. The van der Waals surface area contributed by atoms with E-state index in [-0.39, 0.29) is 17.1 Å². The summed E-state index contributed by atoms with van der Waals surface area (Å²) in [6, 6.07) is 24.6. The SMILES string of the molecule is Cc1ccc(S(=O)(=O)NC(CC(=O)/C=C/c2ccccc2)c2ccccc2)cc1. The van der Waals surface area contributed by atoms with Gasteiger partial charge < -0.3 is 0 Å². The largest absolute Gasteiger partial charge is 0.295 e. The molecule has 0 spiro atoms. The molecule has 3 aromatic carbocycles. The number of ketones is 1. The van der Waals surface area contributed by atoms with Gasteiger partial charge in [-0.3, -0.25) is 4.79 Å². The molecular formula is C24H23NO3S. The molecule has 5 heteroatoms. The predicted molar refractivity (Wildman–Crippen MR) is 116 cm³/mol. The van der Waals surface area contributed by atoms with E-state index in [1.165, 1.54) is 6.08 Å². The molecule has 0 aliphatic carbocycles. The minimum absolute atomic E-state index is 0.0262. The fourth-order valence-electron chi connectivity index (χ4n) is 2.91. The summed E-state index contributed by atoms with van der Waals surface area (Å²) in [6.07, 6.45) is 3.25. The van der Waals surface area contributed by atoms with E-state index < -0.39 is 16.1 Å². The van der Waals surface area contributed by atoms with Gasteiger partial charge in [-0.1, -0.05) is 84.4 Å². The minimum Gasteiger partial charge on any atom is -0.295 e. The molecule has 0 saturated carbocycles. The third kappa shape index (κ3) is 5.98. The highest BCUT2D eigenvalue weighted by atomic mass is 32.2. The van der Waals surface area contributed by atoms with E-state index in [2.05, 4.69) is 4.72 Å². The molecule has 0 bridgehead atoms. The Labute approximate surface area is 172 Å². The second-order valence-electron chi connectivity index (χ2n) is 6.81. The van der Waals surface area contributed by atoms with Crippen LogP contribution in [0, 0.1) is 6.92 Å². The van der Waals surface area contributed by atoms with Crippen molar-refractivity contribution >= 4 is 21.9 Å². The van der Waals surface area contributed by atoms with Crippen LogP contribution in [-0.4, -0.2) is 14.2 Å². The Hall–Kier alpha value is -3.02. The average Bonchev–Trinajstić information content (AvgIpc) is 2.73. The van der Waals surface area contributed by atoms with Crippen LogP contribution in [0.15, 0.2) is 95.9 Å². The second-order valence-corrected chi connectivity index (χ2v) is 8.53. The van der Waals surface area contributed by atoms with Crippen molar-refractivity contribution in [3.63, 3.8) is 0 Å². The summed E-state index contributed by atoms with van der Waals surface area (Å²) in [5.41, 5.74) is 2.63. The lowest BCUT2D eigenvalue weighted by Gasteiger charge is -2.18. The summed E-state index contributed by atoms with van der Waals surface area (Å²) in [6.45, 7) is 1.90. The van der Waals surface area contributed by atoms with E-state index in [1.54, 1.807) is 30.3 Å². The van der Waals surface area contributed by atoms with Gasteiger partial charge in [0.25, 0.3) is 0 Å². The zero-order valence-electron chi connectivity index (χ0n) is 16.2. The quantitative estimate of drug-likeness (QED) is 0.553. The number of allylic oxidation sites excluding steroid dienone is 1. The van der Waals surface area contributed by atoms with E-state index in [9.17, 15) is 13.2 Å². The third-order valence-corrected chi connectivity index (χ3v) is 5.98. The third-order valence-electron chi connectivity index (χ3n) is 4.50. The number of rotatable bonds is 8. The minimum atomic E-state index is -3.76. The Morgan fingerprint density at radius 2 is 1.48 bits per heavy atom. The van der Waals surface area contributed by atoms with Crippen molar-refractivity contribution in [3.05, 3.63) is 108 Å². The number of nitrogens with one attached hydrogen (secondary N) is 1. The van der Waals surface area contributed by atoms with Gasteiger partial charge in [0.1, 0.15) is 0 Å². The summed E-state index contributed by atoms with van der Waals surface area (Å²) in [4.78, 5) is 12.7. The van der Waals surface area contributed by atoms with Gasteiger partial charge in [0, 0.05) is 6.42 Å². The van der Waals surface area contributed by atoms with E-state index in [0.717, 1.165) is 16.7 Å². The second kappa shape index (κ2) is 9.45. The van der Waals surface area contributed by atoms with Gasteiger partial charge in [-0.2, -0.15) is 0 Å². The molecule has 0 heterocycles. The Kier molecular flexibility index (Phi) is 6.75. The van der Waals surface area contributed by atoms with Crippen LogP contribution in [-0.2, 0) is 14.8 Å². The van der Waals surface area contributed by atoms with E-state index in [4.69, 9.17) is 0 Å². The monoisotopic (exact) mass is 405 g/mol. The Bertz CT molecular complexity index is 1070. The molecular weight excluding hydrogens is 382 g/mol. The number of benzene rings is 3. The normalized spacial score (nSPS) is 12.7. The topological polar surface area (TPSA) is 63.2 Å². The smallest absolute Gasteiger partial charge is 0.241 e. The summed E-state index contributed by atoms with van der Waals surface area (Å²) >= 11 is 0. The van der Waals surface area contributed by atoms with Crippen LogP contribution in [0.5, 0.6) is 0 Å². The summed E-state index contributed by atoms with van der Waals surface area (Å²) < 4.78 is 28.4. The maximum atomic E-state index is 12.8. The highest BCUT2D eigenvalue weighted by molar-refractivity contribution is 7.89. The van der Waals surface area contributed by atoms with E-state index in [0.29, 0.717) is 0 Å². The van der Waals surface area contributed by atoms with Gasteiger partial charge in [0.2, 0.25) is 10.0 Å². The molecule has 148 valence electrons. The van der Waals surface area contributed by atoms with E-state index >= 15 is 0 Å². The molecule has 0 saturated heterocycles. The van der Waals surface area contributed by atoms with Gasteiger partial charge in [0.15, 0.2) is 5.78 Å². The maximum absolute atomic E-state index is 12.8. The molecule has 1 atom stereocenters.